The third-order valence-electron chi connectivity index (χ3n) is 3.67. The Morgan fingerprint density at radius 1 is 1.29 bits per heavy atom. The molecular formula is C15H11F3N4S2. The predicted molar refractivity (Wildman–Crippen MR) is 91.8 cm³/mol. The van der Waals surface area contributed by atoms with Gasteiger partial charge in [-0.15, -0.1) is 22.7 Å². The number of nitrogens with two attached hydrogens (primary N) is 1. The number of nitrogen functional groups attached to an aromatic ring is 1. The number of fused-ring (bicyclic) bond motifs is 1. The number of rotatable bonds is 2. The van der Waals surface area contributed by atoms with Gasteiger partial charge >= 0.3 is 6.18 Å². The molecule has 0 aromatic carbocycles. The smallest absolute Gasteiger partial charge is 0.397 e. The Morgan fingerprint density at radius 3 is 2.75 bits per heavy atom. The number of aromatic nitrogens is 1. The monoisotopic (exact) mass is 368 g/mol. The minimum absolute atomic E-state index is 0.0424. The number of thiophene rings is 2. The molecule has 4 rings (SSSR count). The summed E-state index contributed by atoms with van der Waals surface area (Å²) in [7, 11) is 0. The molecule has 0 amide bonds. The molecule has 0 atom stereocenters. The summed E-state index contributed by atoms with van der Waals surface area (Å²) in [5.74, 6) is 0.543. The maximum atomic E-state index is 13.6. The summed E-state index contributed by atoms with van der Waals surface area (Å²) in [6, 6.07) is 4.61. The molecule has 4 heterocycles. The fourth-order valence-electron chi connectivity index (χ4n) is 2.62. The van der Waals surface area contributed by atoms with Gasteiger partial charge < -0.3 is 11.1 Å². The Labute approximate surface area is 142 Å². The van der Waals surface area contributed by atoms with E-state index in [0.29, 0.717) is 34.4 Å². The highest BCUT2D eigenvalue weighted by molar-refractivity contribution is 7.21. The lowest BCUT2D eigenvalue weighted by molar-refractivity contribution is -0.136. The molecule has 0 aliphatic carbocycles. The summed E-state index contributed by atoms with van der Waals surface area (Å²) in [5, 5.41) is 4.81. The first-order chi connectivity index (χ1) is 11.4. The van der Waals surface area contributed by atoms with Crippen molar-refractivity contribution in [2.24, 2.45) is 4.99 Å². The Bertz CT molecular complexity index is 942. The van der Waals surface area contributed by atoms with Crippen LogP contribution in [-0.2, 0) is 6.18 Å². The quantitative estimate of drug-likeness (QED) is 0.719. The highest BCUT2D eigenvalue weighted by Crippen LogP contribution is 2.44. The molecule has 9 heteroatoms. The van der Waals surface area contributed by atoms with E-state index >= 15 is 0 Å². The molecule has 3 N–H and O–H groups in total. The van der Waals surface area contributed by atoms with E-state index in [-0.39, 0.29) is 15.9 Å². The number of anilines is 1. The topological polar surface area (TPSA) is 63.3 Å². The second-order valence-corrected chi connectivity index (χ2v) is 7.16. The van der Waals surface area contributed by atoms with Crippen LogP contribution >= 0.6 is 22.7 Å². The molecule has 3 aromatic rings. The largest absolute Gasteiger partial charge is 0.417 e. The van der Waals surface area contributed by atoms with Crippen LogP contribution in [0.5, 0.6) is 0 Å². The van der Waals surface area contributed by atoms with Crippen LogP contribution in [0.1, 0.15) is 10.4 Å². The molecule has 124 valence electrons. The molecule has 0 spiro atoms. The number of hydrogen-bond donors (Lipinski definition) is 2. The van der Waals surface area contributed by atoms with E-state index in [2.05, 4.69) is 15.3 Å². The van der Waals surface area contributed by atoms with Gasteiger partial charge in [0.2, 0.25) is 0 Å². The molecule has 0 unspecified atom stereocenters. The highest BCUT2D eigenvalue weighted by atomic mass is 32.1. The second-order valence-electron chi connectivity index (χ2n) is 5.21. The summed E-state index contributed by atoms with van der Waals surface area (Å²) in [5.41, 5.74) is 5.67. The molecule has 1 aliphatic heterocycles. The number of pyridine rings is 1. The van der Waals surface area contributed by atoms with E-state index in [1.807, 2.05) is 0 Å². The zero-order valence-corrected chi connectivity index (χ0v) is 13.8. The molecule has 4 nitrogen and oxygen atoms in total. The Balaban J connectivity index is 2.01. The van der Waals surface area contributed by atoms with Crippen molar-refractivity contribution in [1.29, 1.82) is 0 Å². The lowest BCUT2D eigenvalue weighted by Gasteiger charge is -2.10. The van der Waals surface area contributed by atoms with Gasteiger partial charge in [-0.2, -0.15) is 13.2 Å². The van der Waals surface area contributed by atoms with Crippen LogP contribution in [-0.4, -0.2) is 23.9 Å². The number of hydrogen-bond acceptors (Lipinski definition) is 6. The standard InChI is InChI=1S/C15H11F3N4S2/c16-15(17,18)7-6-8(9-2-1-5-23-9)22-14-10(7)11(19)12(24-14)13-20-3-4-21-13/h1-2,5-6H,3-4,19H2,(H,20,21). The van der Waals surface area contributed by atoms with Crippen LogP contribution in [0, 0.1) is 0 Å². The van der Waals surface area contributed by atoms with Gasteiger partial charge in [0.15, 0.2) is 0 Å². The highest BCUT2D eigenvalue weighted by Gasteiger charge is 2.36. The molecule has 1 aliphatic rings. The second kappa shape index (κ2) is 5.45. The third kappa shape index (κ3) is 2.44. The van der Waals surface area contributed by atoms with Gasteiger partial charge in [0.05, 0.1) is 33.2 Å². The lowest BCUT2D eigenvalue weighted by atomic mass is 10.1. The molecule has 0 saturated carbocycles. The fraction of sp³-hybridized carbons (Fsp3) is 0.200. The summed E-state index contributed by atoms with van der Waals surface area (Å²) in [4.78, 5) is 10.1. The molecule has 0 fully saturated rings. The predicted octanol–water partition coefficient (Wildman–Crippen LogP) is 3.98. The van der Waals surface area contributed by atoms with E-state index < -0.39 is 11.7 Å². The molecule has 3 aromatic heterocycles. The maximum absolute atomic E-state index is 13.6. The van der Waals surface area contributed by atoms with Crippen LogP contribution in [0.3, 0.4) is 0 Å². The van der Waals surface area contributed by atoms with Crippen molar-refractivity contribution in [3.63, 3.8) is 0 Å². The van der Waals surface area contributed by atoms with Crippen LogP contribution in [0.25, 0.3) is 20.8 Å². The molecule has 0 radical (unpaired) electrons. The SMILES string of the molecule is Nc1c(C2=NCCN2)sc2nc(-c3cccs3)cc(C(F)(F)F)c12. The maximum Gasteiger partial charge on any atom is 0.417 e. The van der Waals surface area contributed by atoms with Gasteiger partial charge in [-0.25, -0.2) is 4.98 Å². The Kier molecular flexibility index (Phi) is 3.50. The van der Waals surface area contributed by atoms with Crippen molar-refractivity contribution in [2.45, 2.75) is 6.18 Å². The number of nitrogens with one attached hydrogen (secondary N) is 1. The Hall–Kier alpha value is -2.13. The fourth-order valence-corrected chi connectivity index (χ4v) is 4.41. The summed E-state index contributed by atoms with van der Waals surface area (Å²) < 4.78 is 40.8. The first kappa shape index (κ1) is 15.4. The zero-order valence-electron chi connectivity index (χ0n) is 12.1. The normalized spacial score (nSPS) is 14.9. The van der Waals surface area contributed by atoms with Crippen molar-refractivity contribution in [2.75, 3.05) is 18.8 Å². The average molecular weight is 368 g/mol. The van der Waals surface area contributed by atoms with Gasteiger partial charge in [0, 0.05) is 11.9 Å². The Morgan fingerprint density at radius 2 is 2.12 bits per heavy atom. The molecular weight excluding hydrogens is 357 g/mol. The van der Waals surface area contributed by atoms with Gasteiger partial charge in [0.1, 0.15) is 10.7 Å². The molecule has 24 heavy (non-hydrogen) atoms. The first-order valence-corrected chi connectivity index (χ1v) is 8.77. The first-order valence-electron chi connectivity index (χ1n) is 7.08. The summed E-state index contributed by atoms with van der Waals surface area (Å²) in [6.45, 7) is 1.24. The number of alkyl halides is 3. The van der Waals surface area contributed by atoms with Gasteiger partial charge in [-0.05, 0) is 17.5 Å². The zero-order chi connectivity index (χ0) is 16.9. The molecule has 0 bridgehead atoms. The minimum Gasteiger partial charge on any atom is -0.397 e. The number of amidine groups is 1. The van der Waals surface area contributed by atoms with Crippen LogP contribution in [0.4, 0.5) is 18.9 Å². The number of halogens is 3. The van der Waals surface area contributed by atoms with Gasteiger partial charge in [-0.1, -0.05) is 6.07 Å². The van der Waals surface area contributed by atoms with Gasteiger partial charge in [0.25, 0.3) is 0 Å². The third-order valence-corrected chi connectivity index (χ3v) is 5.67. The summed E-state index contributed by atoms with van der Waals surface area (Å²) >= 11 is 2.49. The van der Waals surface area contributed by atoms with Crippen LogP contribution < -0.4 is 11.1 Å². The van der Waals surface area contributed by atoms with Crippen LogP contribution in [0.2, 0.25) is 0 Å². The average Bonchev–Trinajstić information content (AvgIpc) is 3.26. The van der Waals surface area contributed by atoms with Crippen LogP contribution in [0.15, 0.2) is 28.6 Å². The number of nitrogens with zero attached hydrogens (tertiary/aromatic N) is 2. The van der Waals surface area contributed by atoms with Crippen molar-refractivity contribution >= 4 is 44.4 Å². The van der Waals surface area contributed by atoms with Crippen molar-refractivity contribution in [1.82, 2.24) is 10.3 Å². The van der Waals surface area contributed by atoms with E-state index in [0.717, 1.165) is 17.4 Å². The molecule has 0 saturated heterocycles. The van der Waals surface area contributed by atoms with E-state index in [1.165, 1.54) is 11.3 Å². The lowest BCUT2D eigenvalue weighted by Crippen LogP contribution is -2.19. The van der Waals surface area contributed by atoms with Gasteiger partial charge in [-0.3, -0.25) is 4.99 Å². The van der Waals surface area contributed by atoms with E-state index in [4.69, 9.17) is 5.73 Å². The minimum atomic E-state index is -4.51. The van der Waals surface area contributed by atoms with E-state index in [9.17, 15) is 13.2 Å². The number of aliphatic imine (C=N–C) groups is 1. The van der Waals surface area contributed by atoms with Crippen molar-refractivity contribution < 1.29 is 13.2 Å². The van der Waals surface area contributed by atoms with Crippen molar-refractivity contribution in [3.8, 4) is 10.6 Å². The van der Waals surface area contributed by atoms with E-state index in [1.54, 1.807) is 17.5 Å². The summed E-state index contributed by atoms with van der Waals surface area (Å²) in [6.07, 6.45) is -4.51. The van der Waals surface area contributed by atoms with Crippen molar-refractivity contribution in [3.05, 3.63) is 34.0 Å².